The van der Waals surface area contributed by atoms with Crippen molar-refractivity contribution in [3.05, 3.63) is 29.3 Å². The summed E-state index contributed by atoms with van der Waals surface area (Å²) >= 11 is 0. The first-order valence-electron chi connectivity index (χ1n) is 5.46. The van der Waals surface area contributed by atoms with Gasteiger partial charge in [0.2, 0.25) is 0 Å². The molecule has 2 rings (SSSR count). The average molecular weight is 246 g/mol. The maximum atomic E-state index is 12.1. The van der Waals surface area contributed by atoms with Gasteiger partial charge in [0.05, 0.1) is 6.61 Å². The predicted molar refractivity (Wildman–Crippen MR) is 56.0 cm³/mol. The minimum absolute atomic E-state index is 0.216. The summed E-state index contributed by atoms with van der Waals surface area (Å²) in [6.07, 6.45) is -6.06. The second-order valence-corrected chi connectivity index (χ2v) is 4.14. The zero-order valence-electron chi connectivity index (χ0n) is 9.13. The van der Waals surface area contributed by atoms with Crippen molar-refractivity contribution < 1.29 is 23.0 Å². The third-order valence-corrected chi connectivity index (χ3v) is 2.84. The molecule has 0 aliphatic carbocycles. The van der Waals surface area contributed by atoms with Crippen LogP contribution in [0.1, 0.15) is 17.5 Å². The Balaban J connectivity index is 1.96. The van der Waals surface area contributed by atoms with Gasteiger partial charge in [-0.3, -0.25) is 0 Å². The van der Waals surface area contributed by atoms with Gasteiger partial charge in [0, 0.05) is 6.42 Å². The van der Waals surface area contributed by atoms with Crippen LogP contribution in [0.5, 0.6) is 5.75 Å². The van der Waals surface area contributed by atoms with Gasteiger partial charge in [0.25, 0.3) is 0 Å². The Kier molecular flexibility index (Phi) is 3.28. The van der Waals surface area contributed by atoms with E-state index in [1.165, 1.54) is 0 Å². The first-order valence-corrected chi connectivity index (χ1v) is 5.46. The van der Waals surface area contributed by atoms with Crippen molar-refractivity contribution in [1.82, 2.24) is 0 Å². The molecule has 0 fully saturated rings. The van der Waals surface area contributed by atoms with Crippen LogP contribution in [0.4, 0.5) is 13.2 Å². The standard InChI is InChI=1S/C12H13F3O2/c13-12(14,15)11(16)4-2-8-1-3-10-9(7-8)5-6-17-10/h1,3,7,11,16H,2,4-6H2/t11-/m1/s1. The molecule has 0 unspecified atom stereocenters. The van der Waals surface area contributed by atoms with Gasteiger partial charge in [-0.25, -0.2) is 0 Å². The van der Waals surface area contributed by atoms with Gasteiger partial charge in [0.15, 0.2) is 0 Å². The van der Waals surface area contributed by atoms with Crippen molar-refractivity contribution >= 4 is 0 Å². The topological polar surface area (TPSA) is 29.5 Å². The Morgan fingerprint density at radius 3 is 2.82 bits per heavy atom. The van der Waals surface area contributed by atoms with E-state index < -0.39 is 12.3 Å². The van der Waals surface area contributed by atoms with Gasteiger partial charge >= 0.3 is 6.18 Å². The van der Waals surface area contributed by atoms with E-state index >= 15 is 0 Å². The molecule has 1 aliphatic heterocycles. The van der Waals surface area contributed by atoms with Crippen molar-refractivity contribution in [2.24, 2.45) is 0 Å². The van der Waals surface area contributed by atoms with Crippen LogP contribution in [0, 0.1) is 0 Å². The zero-order valence-corrected chi connectivity index (χ0v) is 9.13. The number of aliphatic hydroxyl groups is 1. The smallest absolute Gasteiger partial charge is 0.414 e. The molecular weight excluding hydrogens is 233 g/mol. The molecule has 1 heterocycles. The molecule has 1 aliphatic rings. The largest absolute Gasteiger partial charge is 0.493 e. The SMILES string of the molecule is O[C@H](CCc1ccc2c(c1)CCO2)C(F)(F)F. The van der Waals surface area contributed by atoms with E-state index in [4.69, 9.17) is 9.84 Å². The second kappa shape index (κ2) is 4.56. The van der Waals surface area contributed by atoms with Crippen molar-refractivity contribution in [2.45, 2.75) is 31.5 Å². The van der Waals surface area contributed by atoms with Crippen molar-refractivity contribution in [3.63, 3.8) is 0 Å². The van der Waals surface area contributed by atoms with Gasteiger partial charge in [-0.1, -0.05) is 12.1 Å². The van der Waals surface area contributed by atoms with Crippen LogP contribution < -0.4 is 4.74 Å². The van der Waals surface area contributed by atoms with E-state index in [9.17, 15) is 13.2 Å². The van der Waals surface area contributed by atoms with Gasteiger partial charge in [-0.2, -0.15) is 13.2 Å². The lowest BCUT2D eigenvalue weighted by Crippen LogP contribution is -2.28. The lowest BCUT2D eigenvalue weighted by Gasteiger charge is -2.14. The number of benzene rings is 1. The normalized spacial score (nSPS) is 16.5. The molecule has 17 heavy (non-hydrogen) atoms. The monoisotopic (exact) mass is 246 g/mol. The molecule has 0 bridgehead atoms. The molecule has 0 saturated carbocycles. The fourth-order valence-corrected chi connectivity index (χ4v) is 1.86. The first-order chi connectivity index (χ1) is 7.97. The molecule has 5 heteroatoms. The Labute approximate surface area is 97.0 Å². The fraction of sp³-hybridized carbons (Fsp3) is 0.500. The number of fused-ring (bicyclic) bond motifs is 1. The molecule has 1 aromatic carbocycles. The van der Waals surface area contributed by atoms with E-state index in [1.54, 1.807) is 12.1 Å². The summed E-state index contributed by atoms with van der Waals surface area (Å²) in [6, 6.07) is 5.37. The minimum Gasteiger partial charge on any atom is -0.493 e. The van der Waals surface area contributed by atoms with Gasteiger partial charge < -0.3 is 9.84 Å². The van der Waals surface area contributed by atoms with Crippen LogP contribution >= 0.6 is 0 Å². The van der Waals surface area contributed by atoms with E-state index in [1.807, 2.05) is 6.07 Å². The molecular formula is C12H13F3O2. The number of rotatable bonds is 3. The maximum absolute atomic E-state index is 12.1. The number of aryl methyl sites for hydroxylation is 1. The summed E-state index contributed by atoms with van der Waals surface area (Å²) in [5.74, 6) is 0.810. The summed E-state index contributed by atoms with van der Waals surface area (Å²) in [6.45, 7) is 0.629. The molecule has 94 valence electrons. The highest BCUT2D eigenvalue weighted by Gasteiger charge is 2.37. The Hall–Kier alpha value is -1.23. The van der Waals surface area contributed by atoms with Gasteiger partial charge in [-0.15, -0.1) is 0 Å². The predicted octanol–water partition coefficient (Wildman–Crippen LogP) is 2.48. The number of ether oxygens (including phenoxy) is 1. The first kappa shape index (κ1) is 12.2. The van der Waals surface area contributed by atoms with Crippen molar-refractivity contribution in [2.75, 3.05) is 6.61 Å². The van der Waals surface area contributed by atoms with E-state index in [0.29, 0.717) is 6.61 Å². The quantitative estimate of drug-likeness (QED) is 0.887. The number of hydrogen-bond acceptors (Lipinski definition) is 2. The number of hydrogen-bond donors (Lipinski definition) is 1. The van der Waals surface area contributed by atoms with Crippen molar-refractivity contribution in [3.8, 4) is 5.75 Å². The number of alkyl halides is 3. The van der Waals surface area contributed by atoms with Crippen molar-refractivity contribution in [1.29, 1.82) is 0 Å². The molecule has 0 aromatic heterocycles. The molecule has 0 amide bonds. The summed E-state index contributed by atoms with van der Waals surface area (Å²) in [5.41, 5.74) is 1.83. The molecule has 2 nitrogen and oxygen atoms in total. The van der Waals surface area contributed by atoms with E-state index in [2.05, 4.69) is 0 Å². The van der Waals surface area contributed by atoms with Crippen LogP contribution in [0.3, 0.4) is 0 Å². The van der Waals surface area contributed by atoms with E-state index in [-0.39, 0.29) is 12.8 Å². The second-order valence-electron chi connectivity index (χ2n) is 4.14. The van der Waals surface area contributed by atoms with Crippen LogP contribution in [0.2, 0.25) is 0 Å². The lowest BCUT2D eigenvalue weighted by molar-refractivity contribution is -0.205. The summed E-state index contributed by atoms with van der Waals surface area (Å²) in [4.78, 5) is 0. The van der Waals surface area contributed by atoms with Crippen LogP contribution in [0.15, 0.2) is 18.2 Å². The Morgan fingerprint density at radius 2 is 2.12 bits per heavy atom. The molecule has 1 N–H and O–H groups in total. The highest BCUT2D eigenvalue weighted by Crippen LogP contribution is 2.28. The van der Waals surface area contributed by atoms with Crippen LogP contribution in [-0.2, 0) is 12.8 Å². The third-order valence-electron chi connectivity index (χ3n) is 2.84. The summed E-state index contributed by atoms with van der Waals surface area (Å²) < 4.78 is 41.6. The maximum Gasteiger partial charge on any atom is 0.414 e. The Bertz CT molecular complexity index is 401. The molecule has 0 spiro atoms. The molecule has 0 radical (unpaired) electrons. The molecule has 1 aromatic rings. The average Bonchev–Trinajstić information content (AvgIpc) is 2.71. The fourth-order valence-electron chi connectivity index (χ4n) is 1.86. The molecule has 0 saturated heterocycles. The van der Waals surface area contributed by atoms with Gasteiger partial charge in [0.1, 0.15) is 11.9 Å². The summed E-state index contributed by atoms with van der Waals surface area (Å²) in [5, 5.41) is 8.89. The third kappa shape index (κ3) is 2.91. The zero-order chi connectivity index (χ0) is 12.5. The van der Waals surface area contributed by atoms with Crippen LogP contribution in [0.25, 0.3) is 0 Å². The van der Waals surface area contributed by atoms with E-state index in [0.717, 1.165) is 23.3 Å². The lowest BCUT2D eigenvalue weighted by atomic mass is 10.0. The van der Waals surface area contributed by atoms with Crippen LogP contribution in [-0.4, -0.2) is 24.0 Å². The summed E-state index contributed by atoms with van der Waals surface area (Å²) in [7, 11) is 0. The van der Waals surface area contributed by atoms with Gasteiger partial charge in [-0.05, 0) is 30.0 Å². The number of halogens is 3. The Morgan fingerprint density at radius 1 is 1.35 bits per heavy atom. The molecule has 1 atom stereocenters. The minimum atomic E-state index is -4.53. The number of aliphatic hydroxyl groups excluding tert-OH is 1. The highest BCUT2D eigenvalue weighted by molar-refractivity contribution is 5.39. The highest BCUT2D eigenvalue weighted by atomic mass is 19.4.